The van der Waals surface area contributed by atoms with Crippen LogP contribution >= 0.6 is 11.6 Å². The predicted octanol–water partition coefficient (Wildman–Crippen LogP) is 2.56. The number of nitrogens with zero attached hydrogens (tertiary/aromatic N) is 1. The molecular formula is C14H12ClNO3S. The summed E-state index contributed by atoms with van der Waals surface area (Å²) in [6.07, 6.45) is 2.41. The molecule has 1 aromatic carbocycles. The summed E-state index contributed by atoms with van der Waals surface area (Å²) in [5.74, 6) is -0.210. The van der Waals surface area contributed by atoms with Crippen molar-refractivity contribution in [2.45, 2.75) is 11.3 Å². The number of hydrogen-bond donors (Lipinski definition) is 0. The van der Waals surface area contributed by atoms with Gasteiger partial charge in [-0.1, -0.05) is 29.8 Å². The van der Waals surface area contributed by atoms with E-state index in [4.69, 9.17) is 11.6 Å². The van der Waals surface area contributed by atoms with Gasteiger partial charge in [0.25, 0.3) is 0 Å². The number of pyridine rings is 1. The zero-order valence-electron chi connectivity index (χ0n) is 10.7. The van der Waals surface area contributed by atoms with Gasteiger partial charge < -0.3 is 0 Å². The molecule has 1 heterocycles. The maximum absolute atomic E-state index is 12.1. The Morgan fingerprint density at radius 2 is 1.90 bits per heavy atom. The number of carbonyl (C=O) groups excluding carboxylic acids is 1. The lowest BCUT2D eigenvalue weighted by Crippen LogP contribution is -2.07. The molecule has 0 spiro atoms. The van der Waals surface area contributed by atoms with Crippen molar-refractivity contribution in [2.24, 2.45) is 0 Å². The van der Waals surface area contributed by atoms with Crippen molar-refractivity contribution < 1.29 is 13.2 Å². The van der Waals surface area contributed by atoms with Gasteiger partial charge in [0.05, 0.1) is 4.90 Å². The summed E-state index contributed by atoms with van der Waals surface area (Å²) in [5.41, 5.74) is 0.936. The molecule has 0 saturated carbocycles. The molecule has 104 valence electrons. The van der Waals surface area contributed by atoms with Gasteiger partial charge in [0.15, 0.2) is 15.6 Å². The first kappa shape index (κ1) is 14.7. The third-order valence-electron chi connectivity index (χ3n) is 2.76. The SMILES string of the molecule is CS(=O)(=O)c1ccc(C(=O)Cc2ccccc2Cl)nc1. The molecule has 0 N–H and O–H groups in total. The molecule has 4 nitrogen and oxygen atoms in total. The third-order valence-corrected chi connectivity index (χ3v) is 4.23. The van der Waals surface area contributed by atoms with Crippen LogP contribution in [0.5, 0.6) is 0 Å². The lowest BCUT2D eigenvalue weighted by atomic mass is 10.1. The van der Waals surface area contributed by atoms with E-state index < -0.39 is 9.84 Å². The molecule has 20 heavy (non-hydrogen) atoms. The minimum atomic E-state index is -3.31. The van der Waals surface area contributed by atoms with Crippen LogP contribution in [0.4, 0.5) is 0 Å². The molecule has 0 radical (unpaired) electrons. The van der Waals surface area contributed by atoms with Crippen LogP contribution in [-0.2, 0) is 16.3 Å². The molecule has 0 fully saturated rings. The van der Waals surface area contributed by atoms with Crippen LogP contribution in [0.2, 0.25) is 5.02 Å². The molecule has 0 unspecified atom stereocenters. The van der Waals surface area contributed by atoms with Gasteiger partial charge in [0, 0.05) is 23.9 Å². The van der Waals surface area contributed by atoms with Crippen LogP contribution in [0.15, 0.2) is 47.5 Å². The Balaban J connectivity index is 2.20. The van der Waals surface area contributed by atoms with Crippen molar-refractivity contribution in [3.05, 3.63) is 58.9 Å². The second-order valence-electron chi connectivity index (χ2n) is 4.34. The smallest absolute Gasteiger partial charge is 0.185 e. The van der Waals surface area contributed by atoms with E-state index in [-0.39, 0.29) is 22.8 Å². The molecule has 0 bridgehead atoms. The van der Waals surface area contributed by atoms with Crippen molar-refractivity contribution in [3.63, 3.8) is 0 Å². The van der Waals surface area contributed by atoms with E-state index >= 15 is 0 Å². The standard InChI is InChI=1S/C14H12ClNO3S/c1-20(18,19)11-6-7-13(16-9-11)14(17)8-10-4-2-3-5-12(10)15/h2-7,9H,8H2,1H3. The molecule has 2 rings (SSSR count). The second-order valence-corrected chi connectivity index (χ2v) is 6.77. The molecule has 6 heteroatoms. The molecular weight excluding hydrogens is 298 g/mol. The molecule has 0 aliphatic carbocycles. The van der Waals surface area contributed by atoms with Gasteiger partial charge in [-0.3, -0.25) is 9.78 Å². The topological polar surface area (TPSA) is 64.1 Å². The molecule has 0 aliphatic rings. The fourth-order valence-corrected chi connectivity index (χ4v) is 2.43. The van der Waals surface area contributed by atoms with Crippen molar-refractivity contribution >= 4 is 27.2 Å². The van der Waals surface area contributed by atoms with Gasteiger partial charge in [0.1, 0.15) is 5.69 Å². The molecule has 2 aromatic rings. The van der Waals surface area contributed by atoms with Crippen molar-refractivity contribution in [1.82, 2.24) is 4.98 Å². The average molecular weight is 310 g/mol. The zero-order chi connectivity index (χ0) is 14.8. The van der Waals surface area contributed by atoms with Crippen LogP contribution < -0.4 is 0 Å². The van der Waals surface area contributed by atoms with Crippen LogP contribution in [-0.4, -0.2) is 25.4 Å². The van der Waals surface area contributed by atoms with Crippen LogP contribution in [0.1, 0.15) is 16.1 Å². The number of rotatable bonds is 4. The van der Waals surface area contributed by atoms with E-state index in [1.54, 1.807) is 24.3 Å². The van der Waals surface area contributed by atoms with Crippen LogP contribution in [0.25, 0.3) is 0 Å². The first-order valence-electron chi connectivity index (χ1n) is 5.80. The highest BCUT2D eigenvalue weighted by atomic mass is 35.5. The molecule has 0 aliphatic heterocycles. The Labute approximate surface area is 122 Å². The van der Waals surface area contributed by atoms with E-state index in [1.165, 1.54) is 18.3 Å². The lowest BCUT2D eigenvalue weighted by molar-refractivity contribution is 0.0988. The Kier molecular flexibility index (Phi) is 4.20. The second kappa shape index (κ2) is 5.73. The van der Waals surface area contributed by atoms with Gasteiger partial charge in [-0.2, -0.15) is 0 Å². The number of benzene rings is 1. The quantitative estimate of drug-likeness (QED) is 0.814. The predicted molar refractivity (Wildman–Crippen MR) is 76.8 cm³/mol. The summed E-state index contributed by atoms with van der Waals surface area (Å²) in [6, 6.07) is 9.86. The summed E-state index contributed by atoms with van der Waals surface area (Å²) >= 11 is 5.99. The zero-order valence-corrected chi connectivity index (χ0v) is 12.3. The molecule has 0 saturated heterocycles. The normalized spacial score (nSPS) is 11.3. The van der Waals surface area contributed by atoms with E-state index in [1.807, 2.05) is 0 Å². The summed E-state index contributed by atoms with van der Waals surface area (Å²) in [5, 5.41) is 0.522. The highest BCUT2D eigenvalue weighted by Crippen LogP contribution is 2.17. The number of ketones is 1. The molecule has 0 amide bonds. The Hall–Kier alpha value is -1.72. The summed E-state index contributed by atoms with van der Waals surface area (Å²) < 4.78 is 22.6. The average Bonchev–Trinajstić information content (AvgIpc) is 2.40. The highest BCUT2D eigenvalue weighted by Gasteiger charge is 2.13. The van der Waals surface area contributed by atoms with E-state index in [0.29, 0.717) is 10.6 Å². The number of Topliss-reactive ketones (excluding diaryl/α,β-unsaturated/α-hetero) is 1. The minimum absolute atomic E-state index is 0.0896. The maximum Gasteiger partial charge on any atom is 0.185 e. The fraction of sp³-hybridized carbons (Fsp3) is 0.143. The first-order valence-corrected chi connectivity index (χ1v) is 8.07. The monoisotopic (exact) mass is 309 g/mol. The Morgan fingerprint density at radius 1 is 1.20 bits per heavy atom. The molecule has 1 aromatic heterocycles. The van der Waals surface area contributed by atoms with Gasteiger partial charge >= 0.3 is 0 Å². The fourth-order valence-electron chi connectivity index (χ4n) is 1.67. The van der Waals surface area contributed by atoms with E-state index in [2.05, 4.69) is 4.98 Å². The van der Waals surface area contributed by atoms with Gasteiger partial charge in [-0.15, -0.1) is 0 Å². The Morgan fingerprint density at radius 3 is 2.45 bits per heavy atom. The minimum Gasteiger partial charge on any atom is -0.292 e. The van der Waals surface area contributed by atoms with Crippen molar-refractivity contribution in [1.29, 1.82) is 0 Å². The number of hydrogen-bond acceptors (Lipinski definition) is 4. The summed E-state index contributed by atoms with van der Waals surface area (Å²) in [4.78, 5) is 16.0. The lowest BCUT2D eigenvalue weighted by Gasteiger charge is -2.04. The number of carbonyl (C=O) groups is 1. The van der Waals surface area contributed by atoms with Gasteiger partial charge in [-0.05, 0) is 23.8 Å². The number of sulfone groups is 1. The first-order chi connectivity index (χ1) is 9.38. The number of halogens is 1. The molecule has 0 atom stereocenters. The van der Waals surface area contributed by atoms with Crippen LogP contribution in [0.3, 0.4) is 0 Å². The van der Waals surface area contributed by atoms with E-state index in [9.17, 15) is 13.2 Å². The Bertz CT molecular complexity index is 739. The van der Waals surface area contributed by atoms with E-state index in [0.717, 1.165) is 6.26 Å². The maximum atomic E-state index is 12.1. The highest BCUT2D eigenvalue weighted by molar-refractivity contribution is 7.90. The summed E-state index contributed by atoms with van der Waals surface area (Å²) in [6.45, 7) is 0. The largest absolute Gasteiger partial charge is 0.292 e. The third kappa shape index (κ3) is 3.43. The van der Waals surface area contributed by atoms with Gasteiger partial charge in [-0.25, -0.2) is 8.42 Å². The van der Waals surface area contributed by atoms with Gasteiger partial charge in [0.2, 0.25) is 0 Å². The summed E-state index contributed by atoms with van der Waals surface area (Å²) in [7, 11) is -3.31. The number of aromatic nitrogens is 1. The van der Waals surface area contributed by atoms with Crippen molar-refractivity contribution in [2.75, 3.05) is 6.26 Å². The van der Waals surface area contributed by atoms with Crippen molar-refractivity contribution in [3.8, 4) is 0 Å². The van der Waals surface area contributed by atoms with Crippen LogP contribution in [0, 0.1) is 0 Å².